The minimum absolute atomic E-state index is 0.000365. The molecule has 0 N–H and O–H groups in total. The molecule has 1 heterocycles. The molecule has 1 rings (SSSR count). The van der Waals surface area contributed by atoms with Crippen molar-refractivity contribution in [1.82, 2.24) is 0 Å². The van der Waals surface area contributed by atoms with E-state index in [-0.39, 0.29) is 12.1 Å². The van der Waals surface area contributed by atoms with Crippen LogP contribution in [0.5, 0.6) is 0 Å². The van der Waals surface area contributed by atoms with Gasteiger partial charge in [-0.2, -0.15) is 0 Å². The van der Waals surface area contributed by atoms with Crippen molar-refractivity contribution in [2.24, 2.45) is 15.9 Å². The van der Waals surface area contributed by atoms with Crippen LogP contribution in [0.1, 0.15) is 47.5 Å². The van der Waals surface area contributed by atoms with Gasteiger partial charge in [-0.1, -0.05) is 27.2 Å². The van der Waals surface area contributed by atoms with Crippen molar-refractivity contribution in [3.63, 3.8) is 0 Å². The van der Waals surface area contributed by atoms with Crippen LogP contribution in [0.3, 0.4) is 0 Å². The molecule has 0 aromatic rings. The van der Waals surface area contributed by atoms with Gasteiger partial charge in [0, 0.05) is 0 Å². The van der Waals surface area contributed by atoms with Crippen molar-refractivity contribution in [2.75, 3.05) is 13.2 Å². The van der Waals surface area contributed by atoms with E-state index in [1.165, 1.54) is 0 Å². The zero-order valence-corrected chi connectivity index (χ0v) is 12.3. The van der Waals surface area contributed by atoms with Gasteiger partial charge in [0.15, 0.2) is 0 Å². The largest absolute Gasteiger partial charge is 0.480 e. The maximum absolute atomic E-state index is 5.65. The maximum atomic E-state index is 5.65. The fraction of sp³-hybridized carbons (Fsp3) is 0.857. The topological polar surface area (TPSA) is 43.2 Å². The molecule has 0 spiro atoms. The van der Waals surface area contributed by atoms with E-state index in [1.807, 2.05) is 13.8 Å². The minimum Gasteiger partial charge on any atom is -0.480 e. The molecule has 0 aliphatic carbocycles. The predicted molar refractivity (Wildman–Crippen MR) is 75.4 cm³/mol. The van der Waals surface area contributed by atoms with Crippen LogP contribution in [0, 0.1) is 5.92 Å². The second kappa shape index (κ2) is 7.39. The van der Waals surface area contributed by atoms with Crippen LogP contribution < -0.4 is 0 Å². The molecule has 0 radical (unpaired) electrons. The zero-order valence-electron chi connectivity index (χ0n) is 12.3. The molecule has 104 valence electrons. The highest BCUT2D eigenvalue weighted by Gasteiger charge is 2.30. The molecule has 0 bridgehead atoms. The Labute approximate surface area is 110 Å². The molecule has 0 fully saturated rings. The van der Waals surface area contributed by atoms with Crippen molar-refractivity contribution in [2.45, 2.75) is 59.5 Å². The van der Waals surface area contributed by atoms with E-state index < -0.39 is 0 Å². The molecular weight excluding hydrogens is 228 g/mol. The number of nitrogens with zero attached hydrogens (tertiary/aromatic N) is 2. The van der Waals surface area contributed by atoms with Crippen molar-refractivity contribution >= 4 is 11.8 Å². The maximum Gasteiger partial charge on any atom is 0.210 e. The van der Waals surface area contributed by atoms with Crippen LogP contribution in [-0.4, -0.2) is 37.1 Å². The van der Waals surface area contributed by atoms with Crippen molar-refractivity contribution in [3.05, 3.63) is 0 Å². The predicted octanol–water partition coefficient (Wildman–Crippen LogP) is 3.06. The van der Waals surface area contributed by atoms with Gasteiger partial charge in [0.25, 0.3) is 0 Å². The van der Waals surface area contributed by atoms with E-state index in [2.05, 4.69) is 20.8 Å². The third-order valence-corrected chi connectivity index (χ3v) is 2.87. The first kappa shape index (κ1) is 15.0. The third kappa shape index (κ3) is 3.72. The van der Waals surface area contributed by atoms with Crippen LogP contribution >= 0.6 is 0 Å². The van der Waals surface area contributed by atoms with E-state index >= 15 is 0 Å². The molecule has 18 heavy (non-hydrogen) atoms. The fourth-order valence-corrected chi connectivity index (χ4v) is 2.01. The highest BCUT2D eigenvalue weighted by atomic mass is 16.5. The third-order valence-electron chi connectivity index (χ3n) is 2.87. The van der Waals surface area contributed by atoms with Gasteiger partial charge in [0.1, 0.15) is 12.1 Å². The van der Waals surface area contributed by atoms with Gasteiger partial charge in [0.05, 0.1) is 13.2 Å². The Bertz CT molecular complexity index is 311. The number of aliphatic imine (C=N–C) groups is 2. The Kier molecular flexibility index (Phi) is 6.16. The molecular formula is C14H26N2O2. The summed E-state index contributed by atoms with van der Waals surface area (Å²) < 4.78 is 11.3. The standard InChI is InChI=1S/C14H26N2O2/c1-6-9-11-13(17-7-2)16-12(10(4)5)14(15-11)18-8-3/h10-12H,6-9H2,1-5H3. The van der Waals surface area contributed by atoms with E-state index in [9.17, 15) is 0 Å². The first-order valence-electron chi connectivity index (χ1n) is 7.04. The Hall–Kier alpha value is -1.06. The number of rotatable bonds is 5. The zero-order chi connectivity index (χ0) is 13.5. The Morgan fingerprint density at radius 2 is 1.61 bits per heavy atom. The lowest BCUT2D eigenvalue weighted by molar-refractivity contribution is 0.274. The smallest absolute Gasteiger partial charge is 0.210 e. The lowest BCUT2D eigenvalue weighted by atomic mass is 10.0. The van der Waals surface area contributed by atoms with E-state index in [4.69, 9.17) is 19.5 Å². The summed E-state index contributed by atoms with van der Waals surface area (Å²) in [6, 6.07) is 0.0334. The van der Waals surface area contributed by atoms with Gasteiger partial charge < -0.3 is 9.47 Å². The molecule has 4 nitrogen and oxygen atoms in total. The van der Waals surface area contributed by atoms with Gasteiger partial charge in [-0.25, -0.2) is 9.98 Å². The van der Waals surface area contributed by atoms with Crippen LogP contribution in [0.25, 0.3) is 0 Å². The van der Waals surface area contributed by atoms with Crippen LogP contribution in [-0.2, 0) is 9.47 Å². The molecule has 0 saturated heterocycles. The quantitative estimate of drug-likeness (QED) is 0.756. The van der Waals surface area contributed by atoms with Gasteiger partial charge in [-0.15, -0.1) is 0 Å². The van der Waals surface area contributed by atoms with Crippen molar-refractivity contribution in [3.8, 4) is 0 Å². The molecule has 0 amide bonds. The molecule has 0 aromatic carbocycles. The normalized spacial score (nSPS) is 23.7. The molecule has 4 heteroatoms. The highest BCUT2D eigenvalue weighted by Crippen LogP contribution is 2.20. The Balaban J connectivity index is 2.93. The first-order valence-corrected chi connectivity index (χ1v) is 7.04. The summed E-state index contributed by atoms with van der Waals surface area (Å²) in [7, 11) is 0. The molecule has 2 atom stereocenters. The van der Waals surface area contributed by atoms with Gasteiger partial charge in [0.2, 0.25) is 11.8 Å². The summed E-state index contributed by atoms with van der Waals surface area (Å²) in [6.45, 7) is 11.7. The second-order valence-corrected chi connectivity index (χ2v) is 4.79. The van der Waals surface area contributed by atoms with E-state index in [0.717, 1.165) is 24.6 Å². The van der Waals surface area contributed by atoms with Gasteiger partial charge >= 0.3 is 0 Å². The second-order valence-electron chi connectivity index (χ2n) is 4.79. The summed E-state index contributed by atoms with van der Waals surface area (Å²) >= 11 is 0. The SMILES string of the molecule is CCCC1N=C(OCC)C(C(C)C)N=C1OCC. The molecule has 0 saturated carbocycles. The van der Waals surface area contributed by atoms with Gasteiger partial charge in [-0.05, 0) is 26.2 Å². The lowest BCUT2D eigenvalue weighted by Gasteiger charge is -2.28. The molecule has 1 aliphatic rings. The summed E-state index contributed by atoms with van der Waals surface area (Å²) in [5.41, 5.74) is 0. The minimum atomic E-state index is -0.000365. The summed E-state index contributed by atoms with van der Waals surface area (Å²) in [6.07, 6.45) is 2.02. The summed E-state index contributed by atoms with van der Waals surface area (Å²) in [5, 5.41) is 0. The highest BCUT2D eigenvalue weighted by molar-refractivity contribution is 5.94. The van der Waals surface area contributed by atoms with E-state index in [1.54, 1.807) is 0 Å². The lowest BCUT2D eigenvalue weighted by Crippen LogP contribution is -2.38. The van der Waals surface area contributed by atoms with Crippen molar-refractivity contribution < 1.29 is 9.47 Å². The number of ether oxygens (including phenoxy) is 2. The van der Waals surface area contributed by atoms with Crippen LogP contribution in [0.4, 0.5) is 0 Å². The summed E-state index contributed by atoms with van der Waals surface area (Å²) in [5.74, 6) is 1.92. The molecule has 2 unspecified atom stereocenters. The van der Waals surface area contributed by atoms with Crippen LogP contribution in [0.15, 0.2) is 9.98 Å². The average Bonchev–Trinajstić information content (AvgIpc) is 2.32. The van der Waals surface area contributed by atoms with Crippen molar-refractivity contribution in [1.29, 1.82) is 0 Å². The summed E-state index contributed by atoms with van der Waals surface area (Å²) in [4.78, 5) is 9.41. The number of hydrogen-bond acceptors (Lipinski definition) is 4. The monoisotopic (exact) mass is 254 g/mol. The average molecular weight is 254 g/mol. The fourth-order valence-electron chi connectivity index (χ4n) is 2.01. The number of hydrogen-bond donors (Lipinski definition) is 0. The van der Waals surface area contributed by atoms with E-state index in [0.29, 0.717) is 19.1 Å². The molecule has 0 aromatic heterocycles. The van der Waals surface area contributed by atoms with Crippen LogP contribution in [0.2, 0.25) is 0 Å². The first-order chi connectivity index (χ1) is 8.63. The Morgan fingerprint density at radius 1 is 1.00 bits per heavy atom. The molecule has 1 aliphatic heterocycles. The van der Waals surface area contributed by atoms with Gasteiger partial charge in [-0.3, -0.25) is 0 Å². The Morgan fingerprint density at radius 3 is 2.11 bits per heavy atom.